The van der Waals surface area contributed by atoms with E-state index in [4.69, 9.17) is 4.74 Å². The molecule has 0 heterocycles. The van der Waals surface area contributed by atoms with Crippen molar-refractivity contribution < 1.29 is 14.4 Å². The predicted octanol–water partition coefficient (Wildman–Crippen LogP) is 2.06. The van der Waals surface area contributed by atoms with E-state index in [1.54, 1.807) is 0 Å². The molecule has 21 heavy (non-hydrogen) atoms. The van der Waals surface area contributed by atoms with Crippen molar-refractivity contribution in [1.82, 2.24) is 0 Å². The number of quaternary nitrogens is 1. The van der Waals surface area contributed by atoms with Crippen LogP contribution >= 0.6 is 0 Å². The van der Waals surface area contributed by atoms with Crippen LogP contribution in [0.25, 0.3) is 0 Å². The van der Waals surface area contributed by atoms with Crippen molar-refractivity contribution in [3.05, 3.63) is 0 Å². The number of carbonyl (C=O) groups is 1. The number of hydrogen-bond acceptors (Lipinski definition) is 2. The summed E-state index contributed by atoms with van der Waals surface area (Å²) < 4.78 is 5.71. The first-order valence-corrected chi connectivity index (χ1v) is 8.54. The lowest BCUT2D eigenvalue weighted by molar-refractivity contribution is -0.858. The molecule has 4 aliphatic rings. The fraction of sp³-hybridized carbons (Fsp3) is 0.944. The zero-order valence-electron chi connectivity index (χ0n) is 14.5. The molecular weight excluding hydrogens is 262 g/mol. The highest BCUT2D eigenvalue weighted by atomic mass is 16.5. The second-order valence-electron chi connectivity index (χ2n) is 9.87. The first-order chi connectivity index (χ1) is 9.58. The Morgan fingerprint density at radius 3 is 1.71 bits per heavy atom. The minimum Gasteiger partial charge on any atom is -0.459 e. The third kappa shape index (κ3) is 2.62. The first kappa shape index (κ1) is 15.3. The van der Waals surface area contributed by atoms with Gasteiger partial charge in [0.05, 0.1) is 19.5 Å². The topological polar surface area (TPSA) is 30.7 Å². The molecule has 120 valence electrons. The molecule has 3 heteroatoms. The highest BCUT2D eigenvalue weighted by molar-refractivity contribution is 5.78. The lowest BCUT2D eigenvalue weighted by atomic mass is 9.36. The maximum atomic E-state index is 12.9. The normalized spacial score (nSPS) is 47.9. The van der Waals surface area contributed by atoms with Gasteiger partial charge in [-0.3, -0.25) is 4.79 Å². The van der Waals surface area contributed by atoms with Gasteiger partial charge in [-0.25, -0.2) is 0 Å². The van der Waals surface area contributed by atoms with Crippen molar-refractivity contribution in [3.8, 4) is 0 Å². The minimum atomic E-state index is -0.186. The van der Waals surface area contributed by atoms with Gasteiger partial charge in [0.15, 0.2) is 0 Å². The van der Waals surface area contributed by atoms with Gasteiger partial charge in [-0.2, -0.15) is 0 Å². The van der Waals surface area contributed by atoms with Crippen LogP contribution in [0.4, 0.5) is 0 Å². The molecule has 0 spiro atoms. The second kappa shape index (κ2) is 4.47. The van der Waals surface area contributed by atoms with E-state index in [0.717, 1.165) is 25.8 Å². The van der Waals surface area contributed by atoms with Crippen molar-refractivity contribution in [2.24, 2.45) is 21.7 Å². The Labute approximate surface area is 129 Å². The zero-order chi connectivity index (χ0) is 15.5. The molecule has 4 rings (SSSR count). The summed E-state index contributed by atoms with van der Waals surface area (Å²) >= 11 is 0. The van der Waals surface area contributed by atoms with E-state index in [-0.39, 0.29) is 11.4 Å². The van der Waals surface area contributed by atoms with Gasteiger partial charge in [0.2, 0.25) is 0 Å². The summed E-state index contributed by atoms with van der Waals surface area (Å²) in [5.74, 6) is 0.103. The highest BCUT2D eigenvalue weighted by Crippen LogP contribution is 2.73. The zero-order valence-corrected chi connectivity index (χ0v) is 14.5. The Morgan fingerprint density at radius 2 is 1.33 bits per heavy atom. The van der Waals surface area contributed by atoms with Crippen LogP contribution < -0.4 is 4.90 Å². The van der Waals surface area contributed by atoms with E-state index >= 15 is 0 Å². The van der Waals surface area contributed by atoms with Crippen molar-refractivity contribution in [2.75, 3.05) is 27.2 Å². The molecule has 0 aromatic heterocycles. The molecule has 4 bridgehead atoms. The standard InChI is InChI=1S/C18H31NO2/c1-15-8-16(2)10-17(3,9-15)13-18(11-15,12-16)14(20)21-7-6-19(4)5/h6-13H2,1-5H3/p+1. The van der Waals surface area contributed by atoms with E-state index in [0.29, 0.717) is 22.9 Å². The Morgan fingerprint density at radius 1 is 0.905 bits per heavy atom. The molecule has 0 amide bonds. The Hall–Kier alpha value is -0.570. The number of nitrogens with one attached hydrogen (secondary N) is 1. The Kier molecular flexibility index (Phi) is 3.26. The molecule has 0 aromatic carbocycles. The van der Waals surface area contributed by atoms with Crippen molar-refractivity contribution in [1.29, 1.82) is 0 Å². The molecule has 4 aliphatic carbocycles. The van der Waals surface area contributed by atoms with E-state index < -0.39 is 0 Å². The summed E-state index contributed by atoms with van der Waals surface area (Å²) in [6.07, 6.45) is 7.06. The van der Waals surface area contributed by atoms with Crippen molar-refractivity contribution in [3.63, 3.8) is 0 Å². The fourth-order valence-corrected chi connectivity index (χ4v) is 7.01. The SMILES string of the molecule is C[NH+](C)CCOC(=O)C12CC3(C)CC(C)(CC(C)(C3)C1)C2. The molecule has 4 fully saturated rings. The van der Waals surface area contributed by atoms with Gasteiger partial charge in [0.25, 0.3) is 0 Å². The number of likely N-dealkylation sites (N-methyl/N-ethyl adjacent to an activating group) is 1. The molecule has 0 saturated heterocycles. The Bertz CT molecular complexity index is 403. The quantitative estimate of drug-likeness (QED) is 0.805. The van der Waals surface area contributed by atoms with Crippen LogP contribution in [-0.2, 0) is 9.53 Å². The van der Waals surface area contributed by atoms with E-state index in [1.165, 1.54) is 24.2 Å². The molecule has 0 atom stereocenters. The molecule has 4 saturated carbocycles. The van der Waals surface area contributed by atoms with Gasteiger partial charge in [-0.05, 0) is 54.8 Å². The van der Waals surface area contributed by atoms with Crippen LogP contribution in [0.15, 0.2) is 0 Å². The number of esters is 1. The van der Waals surface area contributed by atoms with Crippen LogP contribution in [0.5, 0.6) is 0 Å². The molecule has 1 N–H and O–H groups in total. The fourth-order valence-electron chi connectivity index (χ4n) is 7.01. The third-order valence-corrected chi connectivity index (χ3v) is 6.12. The molecule has 0 aliphatic heterocycles. The smallest absolute Gasteiger partial charge is 0.312 e. The van der Waals surface area contributed by atoms with Crippen LogP contribution in [0, 0.1) is 21.7 Å². The lowest BCUT2D eigenvalue weighted by Gasteiger charge is -2.68. The predicted molar refractivity (Wildman–Crippen MR) is 83.1 cm³/mol. The number of rotatable bonds is 4. The van der Waals surface area contributed by atoms with E-state index in [1.807, 2.05) is 0 Å². The van der Waals surface area contributed by atoms with Crippen LogP contribution in [0.2, 0.25) is 0 Å². The summed E-state index contributed by atoms with van der Waals surface area (Å²) in [5.41, 5.74) is 0.868. The summed E-state index contributed by atoms with van der Waals surface area (Å²) in [6.45, 7) is 8.69. The highest BCUT2D eigenvalue weighted by Gasteiger charge is 2.66. The average Bonchev–Trinajstić information content (AvgIpc) is 2.21. The van der Waals surface area contributed by atoms with Gasteiger partial charge >= 0.3 is 5.97 Å². The molecule has 3 nitrogen and oxygen atoms in total. The monoisotopic (exact) mass is 294 g/mol. The van der Waals surface area contributed by atoms with Gasteiger partial charge in [0, 0.05) is 0 Å². The summed E-state index contributed by atoms with van der Waals surface area (Å²) in [6, 6.07) is 0. The summed E-state index contributed by atoms with van der Waals surface area (Å²) in [4.78, 5) is 14.2. The van der Waals surface area contributed by atoms with Gasteiger partial charge < -0.3 is 9.64 Å². The van der Waals surface area contributed by atoms with Crippen LogP contribution in [0.1, 0.15) is 59.3 Å². The number of ether oxygens (including phenoxy) is 1. The maximum Gasteiger partial charge on any atom is 0.312 e. The number of carbonyl (C=O) groups excluding carboxylic acids is 1. The van der Waals surface area contributed by atoms with Crippen LogP contribution in [0.3, 0.4) is 0 Å². The maximum absolute atomic E-state index is 12.9. The van der Waals surface area contributed by atoms with E-state index in [2.05, 4.69) is 34.9 Å². The number of hydrogen-bond donors (Lipinski definition) is 1. The molecule has 0 unspecified atom stereocenters. The van der Waals surface area contributed by atoms with Crippen molar-refractivity contribution in [2.45, 2.75) is 59.3 Å². The van der Waals surface area contributed by atoms with Gasteiger partial charge in [-0.1, -0.05) is 20.8 Å². The molecule has 0 radical (unpaired) electrons. The second-order valence-corrected chi connectivity index (χ2v) is 9.87. The molecular formula is C18H32NO2+. The van der Waals surface area contributed by atoms with Gasteiger partial charge in [-0.15, -0.1) is 0 Å². The third-order valence-electron chi connectivity index (χ3n) is 6.12. The molecule has 0 aromatic rings. The average molecular weight is 294 g/mol. The summed E-state index contributed by atoms with van der Waals surface area (Å²) in [5, 5.41) is 0. The van der Waals surface area contributed by atoms with Crippen molar-refractivity contribution >= 4 is 5.97 Å². The first-order valence-electron chi connectivity index (χ1n) is 8.54. The lowest BCUT2D eigenvalue weighted by Crippen LogP contribution is -3.06. The Balaban J connectivity index is 1.79. The summed E-state index contributed by atoms with van der Waals surface area (Å²) in [7, 11) is 4.20. The largest absolute Gasteiger partial charge is 0.459 e. The van der Waals surface area contributed by atoms with Gasteiger partial charge in [0.1, 0.15) is 13.2 Å². The minimum absolute atomic E-state index is 0.103. The van der Waals surface area contributed by atoms with Crippen LogP contribution in [-0.4, -0.2) is 33.2 Å². The van der Waals surface area contributed by atoms with E-state index in [9.17, 15) is 4.79 Å².